The number of aryl methyl sites for hydroxylation is 1. The fourth-order valence-electron chi connectivity index (χ4n) is 2.67. The molecule has 23 heavy (non-hydrogen) atoms. The molecule has 0 atom stereocenters. The number of rotatable bonds is 3. The number of ether oxygens (including phenoxy) is 1. The van der Waals surface area contributed by atoms with Gasteiger partial charge in [-0.25, -0.2) is 4.98 Å². The number of aromatic nitrogens is 5. The molecule has 0 aliphatic carbocycles. The third kappa shape index (κ3) is 2.24. The van der Waals surface area contributed by atoms with Crippen LogP contribution in [0.4, 0.5) is 0 Å². The number of benzene rings is 1. The summed E-state index contributed by atoms with van der Waals surface area (Å²) in [4.78, 5) is 4.66. The van der Waals surface area contributed by atoms with E-state index in [0.717, 1.165) is 33.7 Å². The number of fused-ring (bicyclic) bond motifs is 1. The number of H-pyrrole nitrogens is 1. The average molecular weight is 305 g/mol. The molecule has 1 N–H and O–H groups in total. The predicted molar refractivity (Wildman–Crippen MR) is 88.1 cm³/mol. The maximum absolute atomic E-state index is 5.41. The molecule has 0 amide bonds. The van der Waals surface area contributed by atoms with E-state index in [0.29, 0.717) is 5.65 Å². The van der Waals surface area contributed by atoms with Crippen molar-refractivity contribution in [1.82, 2.24) is 25.0 Å². The van der Waals surface area contributed by atoms with Crippen molar-refractivity contribution in [3.05, 3.63) is 48.8 Å². The molecule has 1 aromatic carbocycles. The number of pyridine rings is 1. The lowest BCUT2D eigenvalue weighted by Crippen LogP contribution is -1.90. The summed E-state index contributed by atoms with van der Waals surface area (Å²) in [6.07, 6.45) is 3.75. The molecule has 3 aromatic heterocycles. The van der Waals surface area contributed by atoms with E-state index < -0.39 is 0 Å². The Morgan fingerprint density at radius 2 is 2.00 bits per heavy atom. The van der Waals surface area contributed by atoms with Crippen molar-refractivity contribution >= 4 is 11.0 Å². The maximum atomic E-state index is 5.41. The highest BCUT2D eigenvalue weighted by molar-refractivity contribution is 5.91. The number of hydrogen-bond acceptors (Lipinski definition) is 4. The number of methoxy groups -OCH3 is 1. The van der Waals surface area contributed by atoms with E-state index in [1.54, 1.807) is 18.0 Å². The Hall–Kier alpha value is -3.15. The fourth-order valence-corrected chi connectivity index (χ4v) is 2.67. The second kappa shape index (κ2) is 5.24. The Kier molecular flexibility index (Phi) is 3.08. The number of aromatic amines is 1. The van der Waals surface area contributed by atoms with Gasteiger partial charge in [-0.15, -0.1) is 0 Å². The first-order valence-electron chi connectivity index (χ1n) is 7.24. The molecule has 0 aliphatic rings. The first-order chi connectivity index (χ1) is 11.3. The maximum Gasteiger partial charge on any atom is 0.182 e. The molecule has 0 bridgehead atoms. The van der Waals surface area contributed by atoms with Gasteiger partial charge in [-0.1, -0.05) is 12.1 Å². The minimum Gasteiger partial charge on any atom is -0.496 e. The fraction of sp³-hybridized carbons (Fsp3) is 0.118. The molecule has 4 rings (SSSR count). The van der Waals surface area contributed by atoms with Crippen molar-refractivity contribution in [2.45, 2.75) is 0 Å². The van der Waals surface area contributed by atoms with Crippen LogP contribution in [0.3, 0.4) is 0 Å². The number of para-hydroxylation sites is 1. The minimum atomic E-state index is 0.673. The monoisotopic (exact) mass is 305 g/mol. The van der Waals surface area contributed by atoms with Crippen LogP contribution in [0.25, 0.3) is 33.5 Å². The molecule has 3 heterocycles. The van der Waals surface area contributed by atoms with Crippen molar-refractivity contribution in [2.75, 3.05) is 7.11 Å². The molecule has 0 unspecified atom stereocenters. The van der Waals surface area contributed by atoms with Gasteiger partial charge in [0.15, 0.2) is 5.65 Å². The van der Waals surface area contributed by atoms with Crippen LogP contribution in [0.1, 0.15) is 0 Å². The number of nitrogens with one attached hydrogen (secondary N) is 1. The van der Waals surface area contributed by atoms with Gasteiger partial charge in [0, 0.05) is 29.8 Å². The Morgan fingerprint density at radius 1 is 1.13 bits per heavy atom. The first-order valence-corrected chi connectivity index (χ1v) is 7.24. The molecule has 0 saturated carbocycles. The quantitative estimate of drug-likeness (QED) is 0.631. The van der Waals surface area contributed by atoms with Crippen molar-refractivity contribution in [3.63, 3.8) is 0 Å². The summed E-state index contributed by atoms with van der Waals surface area (Å²) in [5.74, 6) is 0.794. The summed E-state index contributed by atoms with van der Waals surface area (Å²) < 4.78 is 7.17. The van der Waals surface area contributed by atoms with E-state index in [-0.39, 0.29) is 0 Å². The standard InChI is InChI=1S/C17H15N5O/c1-22-10-11(9-18-22)16-13-7-8-14(19-17(13)21-20-16)12-5-3-4-6-15(12)23-2/h3-10H,1-2H3,(H,19,20,21). The summed E-state index contributed by atoms with van der Waals surface area (Å²) in [6, 6.07) is 11.8. The second-order valence-corrected chi connectivity index (χ2v) is 5.27. The number of hydrogen-bond donors (Lipinski definition) is 1. The third-order valence-electron chi connectivity index (χ3n) is 3.79. The lowest BCUT2D eigenvalue weighted by molar-refractivity contribution is 0.416. The van der Waals surface area contributed by atoms with Gasteiger partial charge in [0.25, 0.3) is 0 Å². The first kappa shape index (κ1) is 13.5. The van der Waals surface area contributed by atoms with Gasteiger partial charge in [-0.2, -0.15) is 10.2 Å². The van der Waals surface area contributed by atoms with Crippen molar-refractivity contribution in [1.29, 1.82) is 0 Å². The van der Waals surface area contributed by atoms with Crippen LogP contribution < -0.4 is 4.74 Å². The zero-order valence-corrected chi connectivity index (χ0v) is 12.8. The minimum absolute atomic E-state index is 0.673. The largest absolute Gasteiger partial charge is 0.496 e. The molecule has 0 fully saturated rings. The van der Waals surface area contributed by atoms with E-state index >= 15 is 0 Å². The van der Waals surface area contributed by atoms with Crippen LogP contribution in [0, 0.1) is 0 Å². The molecule has 0 saturated heterocycles. The highest BCUT2D eigenvalue weighted by Crippen LogP contribution is 2.31. The zero-order valence-electron chi connectivity index (χ0n) is 12.8. The van der Waals surface area contributed by atoms with Crippen molar-refractivity contribution in [2.24, 2.45) is 7.05 Å². The molecule has 4 aromatic rings. The zero-order chi connectivity index (χ0) is 15.8. The van der Waals surface area contributed by atoms with Crippen molar-refractivity contribution in [3.8, 4) is 28.3 Å². The Labute approximate surface area is 132 Å². The van der Waals surface area contributed by atoms with Gasteiger partial charge in [0.1, 0.15) is 5.75 Å². The lowest BCUT2D eigenvalue weighted by Gasteiger charge is -2.07. The summed E-state index contributed by atoms with van der Waals surface area (Å²) >= 11 is 0. The van der Waals surface area contributed by atoms with Crippen LogP contribution in [0.5, 0.6) is 5.75 Å². The lowest BCUT2D eigenvalue weighted by atomic mass is 10.1. The van der Waals surface area contributed by atoms with Crippen LogP contribution >= 0.6 is 0 Å². The molecule has 0 radical (unpaired) electrons. The van der Waals surface area contributed by atoms with Gasteiger partial charge < -0.3 is 4.74 Å². The van der Waals surface area contributed by atoms with Crippen LogP contribution in [0.2, 0.25) is 0 Å². The Morgan fingerprint density at radius 3 is 2.78 bits per heavy atom. The van der Waals surface area contributed by atoms with E-state index in [1.807, 2.05) is 49.6 Å². The number of nitrogens with zero attached hydrogens (tertiary/aromatic N) is 4. The van der Waals surface area contributed by atoms with Crippen LogP contribution in [-0.4, -0.2) is 32.1 Å². The van der Waals surface area contributed by atoms with Gasteiger partial charge >= 0.3 is 0 Å². The normalized spacial score (nSPS) is 11.0. The molecule has 114 valence electrons. The van der Waals surface area contributed by atoms with E-state index in [4.69, 9.17) is 4.74 Å². The Balaban J connectivity index is 1.84. The molecular formula is C17H15N5O. The molecule has 6 nitrogen and oxygen atoms in total. The molecule has 6 heteroatoms. The summed E-state index contributed by atoms with van der Waals surface area (Å²) in [5, 5.41) is 12.6. The molecule has 0 spiro atoms. The molecule has 0 aliphatic heterocycles. The van der Waals surface area contributed by atoms with Crippen molar-refractivity contribution < 1.29 is 4.74 Å². The van der Waals surface area contributed by atoms with E-state index in [1.165, 1.54) is 0 Å². The summed E-state index contributed by atoms with van der Waals surface area (Å²) in [7, 11) is 3.55. The SMILES string of the molecule is COc1ccccc1-c1ccc2c(-c3cnn(C)c3)[nH]nc2n1. The van der Waals surface area contributed by atoms with Crippen LogP contribution in [0.15, 0.2) is 48.8 Å². The van der Waals surface area contributed by atoms with Crippen LogP contribution in [-0.2, 0) is 7.05 Å². The second-order valence-electron chi connectivity index (χ2n) is 5.27. The Bertz CT molecular complexity index is 985. The molecular weight excluding hydrogens is 290 g/mol. The summed E-state index contributed by atoms with van der Waals surface area (Å²) in [5.41, 5.74) is 4.36. The predicted octanol–water partition coefficient (Wildman–Crippen LogP) is 3.03. The summed E-state index contributed by atoms with van der Waals surface area (Å²) in [6.45, 7) is 0. The third-order valence-corrected chi connectivity index (χ3v) is 3.79. The topological polar surface area (TPSA) is 68.6 Å². The van der Waals surface area contributed by atoms with Gasteiger partial charge in [-0.3, -0.25) is 9.78 Å². The van der Waals surface area contributed by atoms with Gasteiger partial charge in [0.2, 0.25) is 0 Å². The van der Waals surface area contributed by atoms with Gasteiger partial charge in [0.05, 0.1) is 24.7 Å². The average Bonchev–Trinajstić information content (AvgIpc) is 3.20. The van der Waals surface area contributed by atoms with Gasteiger partial charge in [-0.05, 0) is 24.3 Å². The van der Waals surface area contributed by atoms with E-state index in [9.17, 15) is 0 Å². The highest BCUT2D eigenvalue weighted by atomic mass is 16.5. The van der Waals surface area contributed by atoms with E-state index in [2.05, 4.69) is 20.3 Å². The highest BCUT2D eigenvalue weighted by Gasteiger charge is 2.13. The smallest absolute Gasteiger partial charge is 0.182 e.